The van der Waals surface area contributed by atoms with Crippen molar-refractivity contribution in [1.82, 2.24) is 10.2 Å². The average molecular weight is 254 g/mol. The van der Waals surface area contributed by atoms with E-state index in [2.05, 4.69) is 58.7 Å². The normalized spacial score (nSPS) is 27.5. The zero-order chi connectivity index (χ0) is 14.0. The first-order chi connectivity index (χ1) is 8.16. The third kappa shape index (κ3) is 4.24. The highest BCUT2D eigenvalue weighted by Gasteiger charge is 2.38. The van der Waals surface area contributed by atoms with E-state index in [0.29, 0.717) is 22.9 Å². The van der Waals surface area contributed by atoms with E-state index < -0.39 is 0 Å². The van der Waals surface area contributed by atoms with Gasteiger partial charge in [0.25, 0.3) is 0 Å². The summed E-state index contributed by atoms with van der Waals surface area (Å²) >= 11 is 0. The number of rotatable bonds is 3. The summed E-state index contributed by atoms with van der Waals surface area (Å²) in [5.74, 6) is 0. The fourth-order valence-corrected chi connectivity index (χ4v) is 2.85. The average Bonchev–Trinajstić information content (AvgIpc) is 2.23. The van der Waals surface area contributed by atoms with Crippen molar-refractivity contribution < 1.29 is 0 Å². The van der Waals surface area contributed by atoms with Crippen LogP contribution in [0.1, 0.15) is 61.3 Å². The summed E-state index contributed by atoms with van der Waals surface area (Å²) < 4.78 is 0. The molecule has 0 saturated carbocycles. The second kappa shape index (κ2) is 5.92. The summed E-state index contributed by atoms with van der Waals surface area (Å²) in [5, 5.41) is 3.78. The molecule has 0 aliphatic carbocycles. The summed E-state index contributed by atoms with van der Waals surface area (Å²) in [5.41, 5.74) is 0.719. The molecule has 1 N–H and O–H groups in total. The quantitative estimate of drug-likeness (QED) is 0.829. The lowest BCUT2D eigenvalue weighted by Crippen LogP contribution is -2.63. The van der Waals surface area contributed by atoms with Crippen LogP contribution >= 0.6 is 0 Å². The van der Waals surface area contributed by atoms with Crippen LogP contribution in [-0.4, -0.2) is 36.6 Å². The molecule has 1 saturated heterocycles. The Bertz CT molecular complexity index is 247. The second-order valence-electron chi connectivity index (χ2n) is 8.06. The molecule has 0 radical (unpaired) electrons. The Labute approximate surface area is 115 Å². The van der Waals surface area contributed by atoms with Gasteiger partial charge in [-0.1, -0.05) is 54.9 Å². The van der Waals surface area contributed by atoms with Gasteiger partial charge in [0.1, 0.15) is 0 Å². The van der Waals surface area contributed by atoms with Crippen LogP contribution in [0.4, 0.5) is 0 Å². The van der Waals surface area contributed by atoms with Crippen LogP contribution in [0.2, 0.25) is 0 Å². The Morgan fingerprint density at radius 2 is 1.67 bits per heavy atom. The van der Waals surface area contributed by atoms with Crippen molar-refractivity contribution in [2.45, 2.75) is 73.4 Å². The molecule has 0 aromatic carbocycles. The van der Waals surface area contributed by atoms with Gasteiger partial charge in [0.05, 0.1) is 0 Å². The molecule has 0 spiro atoms. The van der Waals surface area contributed by atoms with Gasteiger partial charge < -0.3 is 5.32 Å². The topological polar surface area (TPSA) is 15.3 Å². The number of unbranched alkanes of at least 4 members (excludes halogenated alkanes) is 1. The molecule has 1 rings (SSSR count). The molecule has 0 aromatic heterocycles. The van der Waals surface area contributed by atoms with Crippen LogP contribution in [0.15, 0.2) is 0 Å². The summed E-state index contributed by atoms with van der Waals surface area (Å²) in [6.07, 6.45) is 2.62. The molecule has 2 nitrogen and oxygen atoms in total. The van der Waals surface area contributed by atoms with Crippen molar-refractivity contribution in [3.63, 3.8) is 0 Å². The maximum atomic E-state index is 3.78. The Hall–Kier alpha value is -0.0800. The summed E-state index contributed by atoms with van der Waals surface area (Å²) in [4.78, 5) is 2.73. The Kier molecular flexibility index (Phi) is 5.25. The van der Waals surface area contributed by atoms with Crippen molar-refractivity contribution in [1.29, 1.82) is 0 Å². The standard InChI is InChI=1S/C16H34N2/c1-8-9-10-18-12-13(15(2,3)4)17-11-14(18)16(5,6)7/h13-14,17H,8-12H2,1-7H3. The molecule has 2 atom stereocenters. The van der Waals surface area contributed by atoms with Crippen LogP contribution in [0, 0.1) is 10.8 Å². The molecule has 1 aliphatic rings. The molecule has 108 valence electrons. The van der Waals surface area contributed by atoms with Gasteiger partial charge in [-0.2, -0.15) is 0 Å². The highest BCUT2D eigenvalue weighted by atomic mass is 15.2. The number of hydrogen-bond donors (Lipinski definition) is 1. The molecule has 0 amide bonds. The molecular formula is C16H34N2. The molecule has 2 heteroatoms. The zero-order valence-corrected chi connectivity index (χ0v) is 13.6. The molecule has 0 bridgehead atoms. The Balaban J connectivity index is 2.73. The lowest BCUT2D eigenvalue weighted by molar-refractivity contribution is 0.0297. The second-order valence-corrected chi connectivity index (χ2v) is 8.06. The largest absolute Gasteiger partial charge is 0.311 e. The smallest absolute Gasteiger partial charge is 0.0269 e. The minimum absolute atomic E-state index is 0.354. The van der Waals surface area contributed by atoms with Gasteiger partial charge in [-0.25, -0.2) is 0 Å². The third-order valence-corrected chi connectivity index (χ3v) is 4.26. The minimum atomic E-state index is 0.354. The van der Waals surface area contributed by atoms with Crippen LogP contribution < -0.4 is 5.32 Å². The van der Waals surface area contributed by atoms with E-state index in [9.17, 15) is 0 Å². The number of piperazine rings is 1. The lowest BCUT2D eigenvalue weighted by atomic mass is 9.79. The Morgan fingerprint density at radius 3 is 2.11 bits per heavy atom. The lowest BCUT2D eigenvalue weighted by Gasteiger charge is -2.49. The predicted octanol–water partition coefficient (Wildman–Crippen LogP) is 3.52. The van der Waals surface area contributed by atoms with E-state index in [1.165, 1.54) is 25.9 Å². The molecule has 2 unspecified atom stereocenters. The van der Waals surface area contributed by atoms with E-state index in [-0.39, 0.29) is 0 Å². The fourth-order valence-electron chi connectivity index (χ4n) is 2.85. The maximum Gasteiger partial charge on any atom is 0.0269 e. The highest BCUT2D eigenvalue weighted by Crippen LogP contribution is 2.30. The first kappa shape index (κ1) is 16.0. The van der Waals surface area contributed by atoms with Crippen molar-refractivity contribution in [3.05, 3.63) is 0 Å². The number of nitrogens with zero attached hydrogens (tertiary/aromatic N) is 1. The molecule has 18 heavy (non-hydrogen) atoms. The van der Waals surface area contributed by atoms with Crippen molar-refractivity contribution in [3.8, 4) is 0 Å². The van der Waals surface area contributed by atoms with Crippen molar-refractivity contribution in [2.75, 3.05) is 19.6 Å². The van der Waals surface area contributed by atoms with E-state index in [1.807, 2.05) is 0 Å². The Morgan fingerprint density at radius 1 is 1.06 bits per heavy atom. The van der Waals surface area contributed by atoms with Crippen LogP contribution in [0.5, 0.6) is 0 Å². The molecule has 1 heterocycles. The molecule has 1 aliphatic heterocycles. The fraction of sp³-hybridized carbons (Fsp3) is 1.00. The van der Waals surface area contributed by atoms with E-state index >= 15 is 0 Å². The molecule has 1 fully saturated rings. The van der Waals surface area contributed by atoms with Crippen molar-refractivity contribution >= 4 is 0 Å². The minimum Gasteiger partial charge on any atom is -0.311 e. The maximum absolute atomic E-state index is 3.78. The van der Waals surface area contributed by atoms with Gasteiger partial charge in [-0.15, -0.1) is 0 Å². The molecule has 0 aromatic rings. The van der Waals surface area contributed by atoms with E-state index in [4.69, 9.17) is 0 Å². The van der Waals surface area contributed by atoms with Crippen LogP contribution in [0.3, 0.4) is 0 Å². The third-order valence-electron chi connectivity index (χ3n) is 4.26. The number of nitrogens with one attached hydrogen (secondary N) is 1. The van der Waals surface area contributed by atoms with E-state index in [0.717, 1.165) is 6.54 Å². The summed E-state index contributed by atoms with van der Waals surface area (Å²) in [7, 11) is 0. The van der Waals surface area contributed by atoms with Gasteiger partial charge >= 0.3 is 0 Å². The van der Waals surface area contributed by atoms with Gasteiger partial charge in [-0.05, 0) is 23.8 Å². The van der Waals surface area contributed by atoms with Crippen LogP contribution in [0.25, 0.3) is 0 Å². The monoisotopic (exact) mass is 254 g/mol. The first-order valence-corrected chi connectivity index (χ1v) is 7.63. The first-order valence-electron chi connectivity index (χ1n) is 7.63. The van der Waals surface area contributed by atoms with Gasteiger partial charge in [-0.3, -0.25) is 4.90 Å². The van der Waals surface area contributed by atoms with Gasteiger partial charge in [0.2, 0.25) is 0 Å². The van der Waals surface area contributed by atoms with Crippen molar-refractivity contribution in [2.24, 2.45) is 10.8 Å². The number of hydrogen-bond acceptors (Lipinski definition) is 2. The summed E-state index contributed by atoms with van der Waals surface area (Å²) in [6, 6.07) is 1.29. The van der Waals surface area contributed by atoms with Gasteiger partial charge in [0.15, 0.2) is 0 Å². The molecular weight excluding hydrogens is 220 g/mol. The highest BCUT2D eigenvalue weighted by molar-refractivity contribution is 4.95. The van der Waals surface area contributed by atoms with E-state index in [1.54, 1.807) is 0 Å². The summed E-state index contributed by atoms with van der Waals surface area (Å²) in [6.45, 7) is 20.0. The van der Waals surface area contributed by atoms with Gasteiger partial charge in [0, 0.05) is 25.2 Å². The predicted molar refractivity (Wildman–Crippen MR) is 81.0 cm³/mol. The van der Waals surface area contributed by atoms with Crippen LogP contribution in [-0.2, 0) is 0 Å². The SMILES string of the molecule is CCCCN1CC(C(C)(C)C)NCC1C(C)(C)C. The zero-order valence-electron chi connectivity index (χ0n) is 13.6.